The molecule has 0 radical (unpaired) electrons. The Morgan fingerprint density at radius 3 is 2.74 bits per heavy atom. The van der Waals surface area contributed by atoms with Gasteiger partial charge in [0.25, 0.3) is 0 Å². The van der Waals surface area contributed by atoms with Crippen LogP contribution in [-0.2, 0) is 10.0 Å². The minimum Gasteiger partial charge on any atom is -0.389 e. The second-order valence-electron chi connectivity index (χ2n) is 4.97. The highest BCUT2D eigenvalue weighted by Gasteiger charge is 2.30. The molecule has 0 bridgehead atoms. The van der Waals surface area contributed by atoms with Crippen molar-refractivity contribution in [1.82, 2.24) is 4.31 Å². The van der Waals surface area contributed by atoms with Crippen LogP contribution in [0.25, 0.3) is 0 Å². The molecule has 19 heavy (non-hydrogen) atoms. The van der Waals surface area contributed by atoms with Crippen molar-refractivity contribution in [2.45, 2.75) is 24.7 Å². The van der Waals surface area contributed by atoms with E-state index in [1.54, 1.807) is 24.3 Å². The van der Waals surface area contributed by atoms with Crippen LogP contribution in [0.4, 0.5) is 0 Å². The maximum absolute atomic E-state index is 12.7. The lowest BCUT2D eigenvalue weighted by atomic mass is 10.0. The first-order valence-corrected chi connectivity index (χ1v) is 8.16. The van der Waals surface area contributed by atoms with E-state index in [2.05, 4.69) is 6.92 Å². The van der Waals surface area contributed by atoms with Crippen LogP contribution < -0.4 is 5.73 Å². The van der Waals surface area contributed by atoms with Crippen molar-refractivity contribution >= 4 is 27.2 Å². The molecule has 1 aliphatic rings. The number of piperidine rings is 1. The third-order valence-corrected chi connectivity index (χ3v) is 5.53. The average molecular weight is 298 g/mol. The fourth-order valence-electron chi connectivity index (χ4n) is 2.40. The zero-order chi connectivity index (χ0) is 14.0. The second-order valence-corrected chi connectivity index (χ2v) is 7.32. The first-order valence-electron chi connectivity index (χ1n) is 6.32. The van der Waals surface area contributed by atoms with Crippen LogP contribution in [-0.4, -0.2) is 30.8 Å². The molecule has 1 unspecified atom stereocenters. The maximum atomic E-state index is 12.7. The molecule has 0 amide bonds. The molecule has 0 aliphatic carbocycles. The van der Waals surface area contributed by atoms with Crippen molar-refractivity contribution in [3.8, 4) is 0 Å². The first kappa shape index (κ1) is 14.4. The van der Waals surface area contributed by atoms with Crippen LogP contribution >= 0.6 is 12.2 Å². The van der Waals surface area contributed by atoms with E-state index in [0.29, 0.717) is 24.6 Å². The Kier molecular flexibility index (Phi) is 4.23. The van der Waals surface area contributed by atoms with Gasteiger partial charge < -0.3 is 5.73 Å². The van der Waals surface area contributed by atoms with Crippen LogP contribution in [0, 0.1) is 5.92 Å². The summed E-state index contributed by atoms with van der Waals surface area (Å²) in [5.41, 5.74) is 6.04. The molecule has 1 atom stereocenters. The van der Waals surface area contributed by atoms with Crippen LogP contribution in [0.5, 0.6) is 0 Å². The van der Waals surface area contributed by atoms with Gasteiger partial charge in [-0.15, -0.1) is 0 Å². The molecule has 1 aliphatic heterocycles. The summed E-state index contributed by atoms with van der Waals surface area (Å²) in [5.74, 6) is 0.389. The average Bonchev–Trinajstić information content (AvgIpc) is 2.38. The maximum Gasteiger partial charge on any atom is 0.243 e. The Morgan fingerprint density at radius 2 is 2.11 bits per heavy atom. The van der Waals surface area contributed by atoms with Gasteiger partial charge in [-0.3, -0.25) is 0 Å². The largest absolute Gasteiger partial charge is 0.389 e. The van der Waals surface area contributed by atoms with Crippen LogP contribution in [0.2, 0.25) is 0 Å². The molecule has 0 aromatic heterocycles. The number of benzene rings is 1. The quantitative estimate of drug-likeness (QED) is 0.863. The summed E-state index contributed by atoms with van der Waals surface area (Å²) < 4.78 is 26.9. The highest BCUT2D eigenvalue weighted by atomic mass is 32.2. The summed E-state index contributed by atoms with van der Waals surface area (Å²) in [6, 6.07) is 6.67. The van der Waals surface area contributed by atoms with Crippen molar-refractivity contribution in [3.63, 3.8) is 0 Å². The van der Waals surface area contributed by atoms with Crippen molar-refractivity contribution in [2.75, 3.05) is 13.1 Å². The molecule has 6 heteroatoms. The van der Waals surface area contributed by atoms with Gasteiger partial charge >= 0.3 is 0 Å². The Morgan fingerprint density at radius 1 is 1.42 bits per heavy atom. The minimum absolute atomic E-state index is 0.115. The number of hydrogen-bond donors (Lipinski definition) is 1. The first-order chi connectivity index (χ1) is 8.93. The van der Waals surface area contributed by atoms with E-state index in [1.165, 1.54) is 4.31 Å². The molecule has 2 N–H and O–H groups in total. The normalized spacial score (nSPS) is 21.2. The van der Waals surface area contributed by atoms with E-state index >= 15 is 0 Å². The van der Waals surface area contributed by atoms with Crippen LogP contribution in [0.15, 0.2) is 29.2 Å². The van der Waals surface area contributed by atoms with Crippen molar-refractivity contribution in [1.29, 1.82) is 0 Å². The fourth-order valence-corrected chi connectivity index (χ4v) is 4.45. The van der Waals surface area contributed by atoms with E-state index < -0.39 is 10.0 Å². The van der Waals surface area contributed by atoms with Gasteiger partial charge in [0.1, 0.15) is 4.99 Å². The Bertz CT molecular complexity index is 584. The Hall–Kier alpha value is -0.980. The van der Waals surface area contributed by atoms with E-state index in [0.717, 1.165) is 12.8 Å². The highest BCUT2D eigenvalue weighted by molar-refractivity contribution is 7.89. The molecule has 1 aromatic rings. The van der Waals surface area contributed by atoms with E-state index in [9.17, 15) is 8.42 Å². The standard InChI is InChI=1S/C13H18N2O2S2/c1-10-5-4-8-15(9-10)19(16,17)12-7-3-2-6-11(12)13(14)18/h2-3,6-7,10H,4-5,8-9H2,1H3,(H2,14,18). The lowest BCUT2D eigenvalue weighted by molar-refractivity contribution is 0.281. The molecule has 0 spiro atoms. The van der Waals surface area contributed by atoms with Gasteiger partial charge in [-0.2, -0.15) is 4.31 Å². The van der Waals surface area contributed by atoms with E-state index in [-0.39, 0.29) is 9.88 Å². The zero-order valence-electron chi connectivity index (χ0n) is 10.9. The van der Waals surface area contributed by atoms with Crippen LogP contribution in [0.1, 0.15) is 25.3 Å². The monoisotopic (exact) mass is 298 g/mol. The summed E-state index contributed by atoms with van der Waals surface area (Å²) >= 11 is 4.94. The molecular formula is C13H18N2O2S2. The Balaban J connectivity index is 2.42. The van der Waals surface area contributed by atoms with E-state index in [1.807, 2.05) is 0 Å². The molecule has 1 saturated heterocycles. The van der Waals surface area contributed by atoms with Crippen molar-refractivity contribution in [2.24, 2.45) is 11.7 Å². The number of hydrogen-bond acceptors (Lipinski definition) is 3. The van der Waals surface area contributed by atoms with Gasteiger partial charge in [-0.05, 0) is 24.8 Å². The van der Waals surface area contributed by atoms with Crippen LogP contribution in [0.3, 0.4) is 0 Å². The molecule has 0 saturated carbocycles. The smallest absolute Gasteiger partial charge is 0.243 e. The van der Waals surface area contributed by atoms with Gasteiger partial charge in [-0.25, -0.2) is 8.42 Å². The number of thiocarbonyl (C=S) groups is 1. The van der Waals surface area contributed by atoms with Crippen molar-refractivity contribution < 1.29 is 8.42 Å². The van der Waals surface area contributed by atoms with Crippen molar-refractivity contribution in [3.05, 3.63) is 29.8 Å². The lowest BCUT2D eigenvalue weighted by Crippen LogP contribution is -2.39. The third-order valence-electron chi connectivity index (χ3n) is 3.39. The predicted molar refractivity (Wildman–Crippen MR) is 79.5 cm³/mol. The Labute approximate surface area is 119 Å². The number of sulfonamides is 1. The molecule has 1 aromatic carbocycles. The molecular weight excluding hydrogens is 280 g/mol. The zero-order valence-corrected chi connectivity index (χ0v) is 12.5. The summed E-state index contributed by atoms with van der Waals surface area (Å²) in [7, 11) is -3.50. The third kappa shape index (κ3) is 2.96. The number of rotatable bonds is 3. The molecule has 1 heterocycles. The van der Waals surface area contributed by atoms with Gasteiger partial charge in [0.2, 0.25) is 10.0 Å². The fraction of sp³-hybridized carbons (Fsp3) is 0.462. The summed E-state index contributed by atoms with van der Waals surface area (Å²) in [4.78, 5) is 0.334. The summed E-state index contributed by atoms with van der Waals surface area (Å²) in [5, 5.41) is 0. The molecule has 4 nitrogen and oxygen atoms in total. The van der Waals surface area contributed by atoms with E-state index in [4.69, 9.17) is 18.0 Å². The van der Waals surface area contributed by atoms with Gasteiger partial charge in [0, 0.05) is 18.7 Å². The number of nitrogens with two attached hydrogens (primary N) is 1. The number of nitrogens with zero attached hydrogens (tertiary/aromatic N) is 1. The highest BCUT2D eigenvalue weighted by Crippen LogP contribution is 2.25. The summed E-state index contributed by atoms with van der Waals surface area (Å²) in [6.07, 6.45) is 1.97. The molecule has 1 fully saturated rings. The van der Waals surface area contributed by atoms with Gasteiger partial charge in [0.05, 0.1) is 4.90 Å². The topological polar surface area (TPSA) is 63.4 Å². The van der Waals surface area contributed by atoms with Gasteiger partial charge in [-0.1, -0.05) is 37.3 Å². The second kappa shape index (κ2) is 5.56. The predicted octanol–water partition coefficient (Wildman–Crippen LogP) is 1.74. The molecule has 2 rings (SSSR count). The molecule has 104 valence electrons. The van der Waals surface area contributed by atoms with Gasteiger partial charge in [0.15, 0.2) is 0 Å². The summed E-state index contributed by atoms with van der Waals surface area (Å²) in [6.45, 7) is 3.20. The SMILES string of the molecule is CC1CCCN(S(=O)(=O)c2ccccc2C(N)=S)C1. The minimum atomic E-state index is -3.50. The lowest BCUT2D eigenvalue weighted by Gasteiger charge is -2.30.